The maximum Gasteiger partial charge on any atom is 0.132 e. The van der Waals surface area contributed by atoms with Gasteiger partial charge in [-0.15, -0.1) is 22.7 Å². The van der Waals surface area contributed by atoms with Gasteiger partial charge >= 0.3 is 0 Å². The summed E-state index contributed by atoms with van der Waals surface area (Å²) in [5, 5.41) is 31.5. The molecule has 0 fully saturated rings. The molecular formula is C28H20O2S2. The van der Waals surface area contributed by atoms with Crippen molar-refractivity contribution in [1.82, 2.24) is 0 Å². The third kappa shape index (κ3) is 3.03. The molecule has 0 unspecified atom stereocenters. The molecule has 0 bridgehead atoms. The molecule has 0 radical (unpaired) electrons. The van der Waals surface area contributed by atoms with Crippen LogP contribution in [0.2, 0.25) is 0 Å². The van der Waals surface area contributed by atoms with Crippen LogP contribution in [0.15, 0.2) is 89.6 Å². The Kier molecular flexibility index (Phi) is 4.72. The topological polar surface area (TPSA) is 40.5 Å². The number of fused-ring (bicyclic) bond motifs is 2. The molecule has 3 aromatic carbocycles. The van der Waals surface area contributed by atoms with Gasteiger partial charge in [0.1, 0.15) is 5.75 Å². The summed E-state index contributed by atoms with van der Waals surface area (Å²) in [7, 11) is 0. The second kappa shape index (κ2) is 7.75. The smallest absolute Gasteiger partial charge is 0.132 e. The quantitative estimate of drug-likeness (QED) is 0.381. The molecule has 2 aromatic heterocycles. The van der Waals surface area contributed by atoms with E-state index in [0.29, 0.717) is 0 Å². The van der Waals surface area contributed by atoms with E-state index >= 15 is 0 Å². The number of aliphatic hydroxyl groups excluding tert-OH is 1. The molecular weight excluding hydrogens is 432 g/mol. The Morgan fingerprint density at radius 3 is 2.38 bits per heavy atom. The molecule has 32 heavy (non-hydrogen) atoms. The van der Waals surface area contributed by atoms with E-state index in [4.69, 9.17) is 0 Å². The summed E-state index contributed by atoms with van der Waals surface area (Å²) in [5.41, 5.74) is 2.31. The third-order valence-electron chi connectivity index (χ3n) is 6.20. The number of benzene rings is 3. The van der Waals surface area contributed by atoms with E-state index < -0.39 is 6.10 Å². The summed E-state index contributed by atoms with van der Waals surface area (Å²) in [6.45, 7) is 0. The Balaban J connectivity index is 1.74. The number of aliphatic hydroxyl groups is 1. The first kappa shape index (κ1) is 19.5. The molecule has 6 rings (SSSR count). The van der Waals surface area contributed by atoms with Crippen LogP contribution in [0, 0.1) is 0 Å². The monoisotopic (exact) mass is 452 g/mol. The van der Waals surface area contributed by atoms with Crippen LogP contribution >= 0.6 is 22.7 Å². The molecule has 5 aromatic rings. The molecule has 1 aliphatic rings. The Morgan fingerprint density at radius 2 is 1.56 bits per heavy atom. The van der Waals surface area contributed by atoms with E-state index in [2.05, 4.69) is 24.3 Å². The highest BCUT2D eigenvalue weighted by Crippen LogP contribution is 2.45. The molecule has 0 amide bonds. The van der Waals surface area contributed by atoms with Crippen LogP contribution in [-0.2, 0) is 0 Å². The molecule has 0 spiro atoms. The van der Waals surface area contributed by atoms with Gasteiger partial charge in [0.05, 0.1) is 6.10 Å². The summed E-state index contributed by atoms with van der Waals surface area (Å²) in [6, 6.07) is 26.4. The molecule has 2 nitrogen and oxygen atoms in total. The summed E-state index contributed by atoms with van der Waals surface area (Å²) in [4.78, 5) is 2.12. The molecule has 1 aliphatic carbocycles. The molecule has 0 aliphatic heterocycles. The van der Waals surface area contributed by atoms with Crippen molar-refractivity contribution in [3.63, 3.8) is 0 Å². The van der Waals surface area contributed by atoms with Crippen molar-refractivity contribution in [3.05, 3.63) is 111 Å². The highest BCUT2D eigenvalue weighted by molar-refractivity contribution is 7.13. The Morgan fingerprint density at radius 1 is 0.781 bits per heavy atom. The van der Waals surface area contributed by atoms with Crippen molar-refractivity contribution in [3.8, 4) is 16.2 Å². The highest BCUT2D eigenvalue weighted by Gasteiger charge is 2.31. The van der Waals surface area contributed by atoms with Gasteiger partial charge in [-0.25, -0.2) is 0 Å². The van der Waals surface area contributed by atoms with E-state index in [9.17, 15) is 10.2 Å². The van der Waals surface area contributed by atoms with Gasteiger partial charge in [-0.3, -0.25) is 0 Å². The van der Waals surface area contributed by atoms with Crippen molar-refractivity contribution in [2.75, 3.05) is 0 Å². The van der Waals surface area contributed by atoms with Crippen molar-refractivity contribution in [2.24, 2.45) is 0 Å². The minimum atomic E-state index is -0.767. The minimum absolute atomic E-state index is 0.163. The first-order valence-corrected chi connectivity index (χ1v) is 12.3. The molecule has 0 saturated heterocycles. The standard InChI is InChI=1S/C28H20O2S2/c29-27-21(23-11-5-13-31-23)15-17-7-1-3-9-19(17)25(27)26-20-10-4-2-8-18(20)16-22(28(26)30)24-12-6-14-32-24/h1-16,21,27,29-30H/t21-,27+/m0/s1. The van der Waals surface area contributed by atoms with Crippen molar-refractivity contribution < 1.29 is 10.2 Å². The maximum absolute atomic E-state index is 11.7. The first-order valence-electron chi connectivity index (χ1n) is 10.5. The average Bonchev–Trinajstić information content (AvgIpc) is 3.54. The van der Waals surface area contributed by atoms with Crippen LogP contribution < -0.4 is 10.4 Å². The van der Waals surface area contributed by atoms with Gasteiger partial charge in [0.15, 0.2) is 0 Å². The van der Waals surface area contributed by atoms with Crippen LogP contribution in [0.1, 0.15) is 16.4 Å². The Hall–Kier alpha value is -3.18. The predicted octanol–water partition coefficient (Wildman–Crippen LogP) is 5.47. The zero-order valence-electron chi connectivity index (χ0n) is 17.1. The number of phenols is 1. The van der Waals surface area contributed by atoms with Gasteiger partial charge in [-0.05, 0) is 50.2 Å². The van der Waals surface area contributed by atoms with Crippen molar-refractivity contribution >= 4 is 45.1 Å². The SMILES string of the molecule is Oc1c(-c2cccs2)cc2ccccc2c1C1=c2ccccc2=C[C@@H](c2cccs2)[C@H]1O. The fourth-order valence-electron chi connectivity index (χ4n) is 4.74. The molecule has 2 N–H and O–H groups in total. The van der Waals surface area contributed by atoms with Crippen molar-refractivity contribution in [2.45, 2.75) is 12.0 Å². The number of hydrogen-bond acceptors (Lipinski definition) is 4. The minimum Gasteiger partial charge on any atom is -0.507 e. The second-order valence-electron chi connectivity index (χ2n) is 8.00. The van der Waals surface area contributed by atoms with Gasteiger partial charge < -0.3 is 10.2 Å². The molecule has 2 heterocycles. The predicted molar refractivity (Wildman–Crippen MR) is 135 cm³/mol. The number of aromatic hydroxyl groups is 1. The molecule has 0 saturated carbocycles. The zero-order chi connectivity index (χ0) is 21.7. The zero-order valence-corrected chi connectivity index (χ0v) is 18.7. The summed E-state index contributed by atoms with van der Waals surface area (Å²) in [6.07, 6.45) is 1.38. The summed E-state index contributed by atoms with van der Waals surface area (Å²) < 4.78 is 0. The van der Waals surface area contributed by atoms with E-state index in [1.165, 1.54) is 0 Å². The van der Waals surface area contributed by atoms with Gasteiger partial charge in [0.2, 0.25) is 0 Å². The van der Waals surface area contributed by atoms with Gasteiger partial charge in [0, 0.05) is 32.4 Å². The summed E-state index contributed by atoms with van der Waals surface area (Å²) in [5.74, 6) is 0.0605. The van der Waals surface area contributed by atoms with Gasteiger partial charge in [-0.1, -0.05) is 66.7 Å². The maximum atomic E-state index is 11.7. The lowest BCUT2D eigenvalue weighted by Crippen LogP contribution is -2.38. The molecule has 156 valence electrons. The van der Waals surface area contributed by atoms with Crippen LogP contribution in [0.5, 0.6) is 5.75 Å². The third-order valence-corrected chi connectivity index (χ3v) is 8.07. The fraction of sp³-hybridized carbons (Fsp3) is 0.0714. The fourth-order valence-corrected chi connectivity index (χ4v) is 6.31. The molecule has 2 atom stereocenters. The van der Waals surface area contributed by atoms with Crippen LogP contribution in [-0.4, -0.2) is 16.3 Å². The largest absolute Gasteiger partial charge is 0.507 e. The van der Waals surface area contributed by atoms with Crippen LogP contribution in [0.3, 0.4) is 0 Å². The van der Waals surface area contributed by atoms with E-state index in [1.54, 1.807) is 22.7 Å². The highest BCUT2D eigenvalue weighted by atomic mass is 32.1. The number of phenolic OH excluding ortho intramolecular Hbond substituents is 1. The molecule has 4 heteroatoms. The number of rotatable bonds is 3. The first-order chi connectivity index (χ1) is 15.7. The lowest BCUT2D eigenvalue weighted by molar-refractivity contribution is 0.220. The lowest BCUT2D eigenvalue weighted by Gasteiger charge is -2.27. The van der Waals surface area contributed by atoms with Gasteiger partial charge in [-0.2, -0.15) is 0 Å². The van der Waals surface area contributed by atoms with Crippen LogP contribution in [0.25, 0.3) is 32.9 Å². The summed E-state index contributed by atoms with van der Waals surface area (Å²) >= 11 is 3.25. The van der Waals surface area contributed by atoms with E-state index in [0.717, 1.165) is 47.7 Å². The number of hydrogen-bond donors (Lipinski definition) is 2. The van der Waals surface area contributed by atoms with Gasteiger partial charge in [0.25, 0.3) is 0 Å². The second-order valence-corrected chi connectivity index (χ2v) is 9.93. The Labute approximate surface area is 193 Å². The lowest BCUT2D eigenvalue weighted by atomic mass is 9.81. The van der Waals surface area contributed by atoms with E-state index in [-0.39, 0.29) is 11.7 Å². The van der Waals surface area contributed by atoms with Crippen LogP contribution in [0.4, 0.5) is 0 Å². The van der Waals surface area contributed by atoms with Crippen molar-refractivity contribution in [1.29, 1.82) is 0 Å². The average molecular weight is 453 g/mol. The number of thiophene rings is 2. The van der Waals surface area contributed by atoms with E-state index in [1.807, 2.05) is 71.4 Å². The normalized spacial score (nSPS) is 17.8. The Bertz CT molecular complexity index is 1550.